The molecule has 0 amide bonds. The average molecular weight is 239 g/mol. The molecule has 3 nitrogen and oxygen atoms in total. The molecule has 0 spiro atoms. The summed E-state index contributed by atoms with van der Waals surface area (Å²) >= 11 is 0. The summed E-state index contributed by atoms with van der Waals surface area (Å²) in [5, 5.41) is 3.51. The first kappa shape index (κ1) is 12.9. The SMILES string of the molecule is CC(C)(C)OC(=O)C1CN[C@@H]2CCCCC[C@H]12. The minimum Gasteiger partial charge on any atom is -0.460 e. The number of ether oxygens (including phenoxy) is 1. The summed E-state index contributed by atoms with van der Waals surface area (Å²) in [6.45, 7) is 6.64. The van der Waals surface area contributed by atoms with Gasteiger partial charge in [-0.15, -0.1) is 0 Å². The molecular weight excluding hydrogens is 214 g/mol. The molecule has 0 radical (unpaired) electrons. The summed E-state index contributed by atoms with van der Waals surface area (Å²) < 4.78 is 5.53. The van der Waals surface area contributed by atoms with Crippen molar-refractivity contribution in [3.63, 3.8) is 0 Å². The highest BCUT2D eigenvalue weighted by atomic mass is 16.6. The van der Waals surface area contributed by atoms with Crippen molar-refractivity contribution in [2.45, 2.75) is 64.5 Å². The van der Waals surface area contributed by atoms with E-state index in [9.17, 15) is 4.79 Å². The summed E-state index contributed by atoms with van der Waals surface area (Å²) in [6, 6.07) is 0.551. The highest BCUT2D eigenvalue weighted by Gasteiger charge is 2.41. The van der Waals surface area contributed by atoms with Crippen LogP contribution in [0.2, 0.25) is 0 Å². The Labute approximate surface area is 104 Å². The van der Waals surface area contributed by atoms with Crippen LogP contribution in [0.15, 0.2) is 0 Å². The van der Waals surface area contributed by atoms with Crippen molar-refractivity contribution in [1.82, 2.24) is 5.32 Å². The maximum atomic E-state index is 12.2. The average Bonchev–Trinajstić information content (AvgIpc) is 2.46. The van der Waals surface area contributed by atoms with Gasteiger partial charge in [0.1, 0.15) is 5.60 Å². The Morgan fingerprint density at radius 3 is 2.59 bits per heavy atom. The van der Waals surface area contributed by atoms with Crippen molar-refractivity contribution in [3.05, 3.63) is 0 Å². The molecule has 1 aliphatic heterocycles. The van der Waals surface area contributed by atoms with Crippen LogP contribution in [-0.4, -0.2) is 24.2 Å². The van der Waals surface area contributed by atoms with Crippen LogP contribution in [0.4, 0.5) is 0 Å². The predicted octanol–water partition coefficient (Wildman–Crippen LogP) is 2.50. The Morgan fingerprint density at radius 1 is 1.18 bits per heavy atom. The van der Waals surface area contributed by atoms with Crippen LogP contribution in [0.1, 0.15) is 52.9 Å². The second kappa shape index (κ2) is 4.97. The Morgan fingerprint density at radius 2 is 1.88 bits per heavy atom. The third kappa shape index (κ3) is 3.21. The van der Waals surface area contributed by atoms with Crippen LogP contribution in [0.5, 0.6) is 0 Å². The number of carbonyl (C=O) groups is 1. The highest BCUT2D eigenvalue weighted by Crippen LogP contribution is 2.34. The van der Waals surface area contributed by atoms with Crippen LogP contribution in [0.3, 0.4) is 0 Å². The Kier molecular flexibility index (Phi) is 3.76. The van der Waals surface area contributed by atoms with Gasteiger partial charge in [0.05, 0.1) is 5.92 Å². The van der Waals surface area contributed by atoms with Gasteiger partial charge in [-0.1, -0.05) is 19.3 Å². The van der Waals surface area contributed by atoms with E-state index in [1.165, 1.54) is 32.1 Å². The van der Waals surface area contributed by atoms with Crippen molar-refractivity contribution >= 4 is 5.97 Å². The molecule has 2 fully saturated rings. The molecule has 1 heterocycles. The summed E-state index contributed by atoms with van der Waals surface area (Å²) in [6.07, 6.45) is 6.29. The lowest BCUT2D eigenvalue weighted by Gasteiger charge is -2.25. The number of rotatable bonds is 1. The van der Waals surface area contributed by atoms with Gasteiger partial charge in [0.25, 0.3) is 0 Å². The number of nitrogens with one attached hydrogen (secondary N) is 1. The van der Waals surface area contributed by atoms with Crippen LogP contribution < -0.4 is 5.32 Å². The standard InChI is InChI=1S/C14H25NO2/c1-14(2,3)17-13(16)11-9-15-12-8-6-4-5-7-10(11)12/h10-12,15H,4-9H2,1-3H3/t10-,11?,12-/m1/s1. The van der Waals surface area contributed by atoms with Gasteiger partial charge in [-0.05, 0) is 39.5 Å². The number of carbonyl (C=O) groups excluding carboxylic acids is 1. The van der Waals surface area contributed by atoms with Crippen molar-refractivity contribution in [2.75, 3.05) is 6.54 Å². The quantitative estimate of drug-likeness (QED) is 0.714. The van der Waals surface area contributed by atoms with Gasteiger partial charge < -0.3 is 10.1 Å². The van der Waals surface area contributed by atoms with Crippen LogP contribution in [0.25, 0.3) is 0 Å². The molecule has 0 aromatic rings. The molecular formula is C14H25NO2. The van der Waals surface area contributed by atoms with Gasteiger partial charge >= 0.3 is 5.97 Å². The van der Waals surface area contributed by atoms with Gasteiger partial charge in [-0.2, -0.15) is 0 Å². The first-order valence-electron chi connectivity index (χ1n) is 6.93. The number of hydrogen-bond donors (Lipinski definition) is 1. The fraction of sp³-hybridized carbons (Fsp3) is 0.929. The molecule has 3 heteroatoms. The van der Waals surface area contributed by atoms with Gasteiger partial charge in [0, 0.05) is 12.6 Å². The molecule has 1 aliphatic carbocycles. The lowest BCUT2D eigenvalue weighted by molar-refractivity contribution is -0.160. The molecule has 1 N–H and O–H groups in total. The van der Waals surface area contributed by atoms with Gasteiger partial charge in [-0.25, -0.2) is 0 Å². The molecule has 2 rings (SSSR count). The first-order chi connectivity index (χ1) is 7.97. The van der Waals surface area contributed by atoms with Crippen LogP contribution in [0, 0.1) is 11.8 Å². The van der Waals surface area contributed by atoms with E-state index in [2.05, 4.69) is 5.32 Å². The zero-order chi connectivity index (χ0) is 12.5. The molecule has 1 saturated carbocycles. The number of fused-ring (bicyclic) bond motifs is 1. The second-order valence-electron chi connectivity index (χ2n) is 6.46. The fourth-order valence-electron chi connectivity index (χ4n) is 3.14. The second-order valence-corrected chi connectivity index (χ2v) is 6.46. The third-order valence-electron chi connectivity index (χ3n) is 3.90. The van der Waals surface area contributed by atoms with E-state index < -0.39 is 0 Å². The first-order valence-corrected chi connectivity index (χ1v) is 6.93. The zero-order valence-electron chi connectivity index (χ0n) is 11.3. The summed E-state index contributed by atoms with van der Waals surface area (Å²) in [7, 11) is 0. The van der Waals surface area contributed by atoms with E-state index in [4.69, 9.17) is 4.74 Å². The van der Waals surface area contributed by atoms with E-state index >= 15 is 0 Å². The zero-order valence-corrected chi connectivity index (χ0v) is 11.3. The minimum absolute atomic E-state index is 0.000556. The van der Waals surface area contributed by atoms with Crippen molar-refractivity contribution in [3.8, 4) is 0 Å². The summed E-state index contributed by atoms with van der Waals surface area (Å²) in [5.74, 6) is 0.587. The van der Waals surface area contributed by atoms with Crippen LogP contribution in [-0.2, 0) is 9.53 Å². The van der Waals surface area contributed by atoms with E-state index in [0.29, 0.717) is 12.0 Å². The topological polar surface area (TPSA) is 38.3 Å². The maximum absolute atomic E-state index is 12.2. The largest absolute Gasteiger partial charge is 0.460 e. The van der Waals surface area contributed by atoms with E-state index in [-0.39, 0.29) is 17.5 Å². The lowest BCUT2D eigenvalue weighted by Crippen LogP contribution is -2.33. The predicted molar refractivity (Wildman–Crippen MR) is 67.7 cm³/mol. The monoisotopic (exact) mass is 239 g/mol. The Balaban J connectivity index is 1.99. The third-order valence-corrected chi connectivity index (χ3v) is 3.90. The fourth-order valence-corrected chi connectivity index (χ4v) is 3.14. The molecule has 0 aromatic heterocycles. The van der Waals surface area contributed by atoms with Crippen molar-refractivity contribution in [1.29, 1.82) is 0 Å². The molecule has 17 heavy (non-hydrogen) atoms. The highest BCUT2D eigenvalue weighted by molar-refractivity contribution is 5.74. The van der Waals surface area contributed by atoms with E-state index in [1.54, 1.807) is 0 Å². The smallest absolute Gasteiger partial charge is 0.311 e. The summed E-state index contributed by atoms with van der Waals surface area (Å²) in [5.41, 5.74) is -0.361. The van der Waals surface area contributed by atoms with E-state index in [0.717, 1.165) is 6.54 Å². The molecule has 0 bridgehead atoms. The Bertz CT molecular complexity index is 282. The minimum atomic E-state index is -0.361. The van der Waals surface area contributed by atoms with Gasteiger partial charge in [0.2, 0.25) is 0 Å². The van der Waals surface area contributed by atoms with Crippen molar-refractivity contribution < 1.29 is 9.53 Å². The van der Waals surface area contributed by atoms with Gasteiger partial charge in [-0.3, -0.25) is 4.79 Å². The molecule has 3 atom stereocenters. The number of esters is 1. The van der Waals surface area contributed by atoms with E-state index in [1.807, 2.05) is 20.8 Å². The molecule has 0 aromatic carbocycles. The molecule has 98 valence electrons. The molecule has 1 saturated heterocycles. The van der Waals surface area contributed by atoms with Crippen molar-refractivity contribution in [2.24, 2.45) is 11.8 Å². The van der Waals surface area contributed by atoms with Crippen LogP contribution >= 0.6 is 0 Å². The molecule has 1 unspecified atom stereocenters. The molecule has 2 aliphatic rings. The maximum Gasteiger partial charge on any atom is 0.311 e. The lowest BCUT2D eigenvalue weighted by atomic mass is 9.87. The normalized spacial score (nSPS) is 33.9. The van der Waals surface area contributed by atoms with Gasteiger partial charge in [0.15, 0.2) is 0 Å². The summed E-state index contributed by atoms with van der Waals surface area (Å²) in [4.78, 5) is 12.2. The Hall–Kier alpha value is -0.570. The number of hydrogen-bond acceptors (Lipinski definition) is 3.